The molecule has 0 aliphatic heterocycles. The first-order valence-electron chi connectivity index (χ1n) is 6.29. The van der Waals surface area contributed by atoms with E-state index < -0.39 is 0 Å². The van der Waals surface area contributed by atoms with Crippen molar-refractivity contribution in [1.82, 2.24) is 9.97 Å². The van der Waals surface area contributed by atoms with Crippen molar-refractivity contribution >= 4 is 33.4 Å². The zero-order valence-electron chi connectivity index (χ0n) is 11.1. The largest absolute Gasteiger partial charge is 0.354 e. The van der Waals surface area contributed by atoms with Gasteiger partial charge in [0.15, 0.2) is 0 Å². The molecule has 0 aliphatic carbocycles. The number of nitrogens with one attached hydrogen (secondary N) is 2. The van der Waals surface area contributed by atoms with E-state index in [1.165, 1.54) is 5.56 Å². The highest BCUT2D eigenvalue weighted by Crippen LogP contribution is 2.22. The highest BCUT2D eigenvalue weighted by atomic mass is 79.9. The van der Waals surface area contributed by atoms with Crippen LogP contribution in [0.3, 0.4) is 0 Å². The Morgan fingerprint density at radius 1 is 1.26 bits per heavy atom. The topological polar surface area (TPSA) is 49.8 Å². The van der Waals surface area contributed by atoms with Gasteiger partial charge in [-0.15, -0.1) is 0 Å². The minimum absolute atomic E-state index is 0.653. The smallest absolute Gasteiger partial charge is 0.224 e. The van der Waals surface area contributed by atoms with Gasteiger partial charge in [-0.3, -0.25) is 0 Å². The number of halogens is 1. The van der Waals surface area contributed by atoms with Gasteiger partial charge in [0.05, 0.1) is 0 Å². The molecule has 2 aromatic rings. The lowest BCUT2D eigenvalue weighted by atomic mass is 10.2. The first kappa shape index (κ1) is 13.8. The van der Waals surface area contributed by atoms with E-state index in [1.54, 1.807) is 6.20 Å². The number of hydrogen-bond acceptors (Lipinski definition) is 4. The normalized spacial score (nSPS) is 10.3. The second-order valence-electron chi connectivity index (χ2n) is 4.28. The van der Waals surface area contributed by atoms with E-state index in [0.29, 0.717) is 5.95 Å². The molecule has 5 heteroatoms. The van der Waals surface area contributed by atoms with Gasteiger partial charge in [0, 0.05) is 22.9 Å². The first-order chi connectivity index (χ1) is 9.19. The molecule has 0 bridgehead atoms. The number of aromatic nitrogens is 2. The van der Waals surface area contributed by atoms with Crippen LogP contribution < -0.4 is 10.6 Å². The van der Waals surface area contributed by atoms with Gasteiger partial charge < -0.3 is 10.6 Å². The van der Waals surface area contributed by atoms with Crippen molar-refractivity contribution in [3.8, 4) is 0 Å². The van der Waals surface area contributed by atoms with Crippen molar-refractivity contribution in [3.63, 3.8) is 0 Å². The monoisotopic (exact) mass is 320 g/mol. The van der Waals surface area contributed by atoms with E-state index in [-0.39, 0.29) is 0 Å². The summed E-state index contributed by atoms with van der Waals surface area (Å²) < 4.78 is 1.10. The van der Waals surface area contributed by atoms with Gasteiger partial charge in [-0.2, -0.15) is 4.98 Å². The highest BCUT2D eigenvalue weighted by Gasteiger charge is 2.01. The summed E-state index contributed by atoms with van der Waals surface area (Å²) in [5, 5.41) is 6.45. The molecule has 19 heavy (non-hydrogen) atoms. The van der Waals surface area contributed by atoms with E-state index in [4.69, 9.17) is 0 Å². The highest BCUT2D eigenvalue weighted by molar-refractivity contribution is 9.10. The quantitative estimate of drug-likeness (QED) is 0.870. The number of benzene rings is 1. The Morgan fingerprint density at radius 3 is 2.84 bits per heavy atom. The zero-order valence-corrected chi connectivity index (χ0v) is 12.7. The molecular formula is C14H17BrN4. The maximum Gasteiger partial charge on any atom is 0.224 e. The molecule has 1 aromatic carbocycles. The minimum atomic E-state index is 0.653. The molecule has 100 valence electrons. The van der Waals surface area contributed by atoms with Crippen molar-refractivity contribution in [2.24, 2.45) is 0 Å². The third-order valence-electron chi connectivity index (χ3n) is 2.62. The molecule has 0 aliphatic rings. The number of rotatable bonds is 5. The van der Waals surface area contributed by atoms with Crippen molar-refractivity contribution in [3.05, 3.63) is 40.5 Å². The fourth-order valence-corrected chi connectivity index (χ4v) is 1.87. The number of anilines is 3. The Balaban J connectivity index is 2.11. The molecule has 0 unspecified atom stereocenters. The van der Waals surface area contributed by atoms with E-state index >= 15 is 0 Å². The van der Waals surface area contributed by atoms with Gasteiger partial charge in [0.1, 0.15) is 5.82 Å². The van der Waals surface area contributed by atoms with E-state index in [0.717, 1.165) is 28.9 Å². The average Bonchev–Trinajstić information content (AvgIpc) is 2.41. The van der Waals surface area contributed by atoms with Crippen LogP contribution in [0.25, 0.3) is 0 Å². The van der Waals surface area contributed by atoms with Gasteiger partial charge in [0.25, 0.3) is 0 Å². The van der Waals surface area contributed by atoms with Crippen LogP contribution >= 0.6 is 15.9 Å². The molecule has 0 fully saturated rings. The summed E-state index contributed by atoms with van der Waals surface area (Å²) in [5.41, 5.74) is 2.20. The molecule has 0 atom stereocenters. The second kappa shape index (κ2) is 6.52. The third kappa shape index (κ3) is 3.92. The third-order valence-corrected chi connectivity index (χ3v) is 3.51. The summed E-state index contributed by atoms with van der Waals surface area (Å²) in [6.45, 7) is 5.05. The fourth-order valence-electron chi connectivity index (χ4n) is 1.62. The SMILES string of the molecule is CCCNc1nccc(Nc2ccc(Br)c(C)c2)n1. The molecule has 2 rings (SSSR count). The van der Waals surface area contributed by atoms with Gasteiger partial charge in [-0.1, -0.05) is 22.9 Å². The molecule has 1 heterocycles. The summed E-state index contributed by atoms with van der Waals surface area (Å²) in [5.74, 6) is 1.44. The first-order valence-corrected chi connectivity index (χ1v) is 7.08. The van der Waals surface area contributed by atoms with Crippen LogP contribution in [-0.2, 0) is 0 Å². The van der Waals surface area contributed by atoms with Gasteiger partial charge in [-0.25, -0.2) is 4.98 Å². The van der Waals surface area contributed by atoms with E-state index in [9.17, 15) is 0 Å². The molecule has 4 nitrogen and oxygen atoms in total. The van der Waals surface area contributed by atoms with Crippen LogP contribution in [0.4, 0.5) is 17.5 Å². The number of nitrogens with zero attached hydrogens (tertiary/aromatic N) is 2. The van der Waals surface area contributed by atoms with Crippen LogP contribution in [0.2, 0.25) is 0 Å². The molecule has 2 N–H and O–H groups in total. The summed E-state index contributed by atoms with van der Waals surface area (Å²) >= 11 is 3.49. The van der Waals surface area contributed by atoms with Crippen molar-refractivity contribution < 1.29 is 0 Å². The predicted octanol–water partition coefficient (Wildman–Crippen LogP) is 4.11. The van der Waals surface area contributed by atoms with Crippen LogP contribution in [0.5, 0.6) is 0 Å². The standard InChI is InChI=1S/C14H17BrN4/c1-3-7-16-14-17-8-6-13(19-14)18-11-4-5-12(15)10(2)9-11/h4-6,8-9H,3,7H2,1-2H3,(H2,16,17,18,19). The van der Waals surface area contributed by atoms with Crippen molar-refractivity contribution in [1.29, 1.82) is 0 Å². The lowest BCUT2D eigenvalue weighted by molar-refractivity contribution is 0.953. The Hall–Kier alpha value is -1.62. The lowest BCUT2D eigenvalue weighted by Gasteiger charge is -2.09. The Morgan fingerprint density at radius 2 is 2.11 bits per heavy atom. The predicted molar refractivity (Wildman–Crippen MR) is 83.0 cm³/mol. The molecule has 0 saturated heterocycles. The molecular weight excluding hydrogens is 304 g/mol. The molecule has 1 aromatic heterocycles. The molecule has 0 spiro atoms. The summed E-state index contributed by atoms with van der Waals surface area (Å²) in [6.07, 6.45) is 2.80. The van der Waals surface area contributed by atoms with Gasteiger partial charge in [-0.05, 0) is 43.2 Å². The summed E-state index contributed by atoms with van der Waals surface area (Å²) in [6, 6.07) is 7.97. The lowest BCUT2D eigenvalue weighted by Crippen LogP contribution is -2.05. The Labute approximate surface area is 121 Å². The maximum absolute atomic E-state index is 4.41. The van der Waals surface area contributed by atoms with Crippen LogP contribution in [0.15, 0.2) is 34.9 Å². The van der Waals surface area contributed by atoms with Crippen LogP contribution in [-0.4, -0.2) is 16.5 Å². The van der Waals surface area contributed by atoms with Gasteiger partial charge in [0.2, 0.25) is 5.95 Å². The molecule has 0 amide bonds. The minimum Gasteiger partial charge on any atom is -0.354 e. The zero-order chi connectivity index (χ0) is 13.7. The summed E-state index contributed by atoms with van der Waals surface area (Å²) in [7, 11) is 0. The Bertz CT molecular complexity index is 557. The van der Waals surface area contributed by atoms with Crippen LogP contribution in [0, 0.1) is 6.92 Å². The number of hydrogen-bond donors (Lipinski definition) is 2. The van der Waals surface area contributed by atoms with Crippen LogP contribution in [0.1, 0.15) is 18.9 Å². The van der Waals surface area contributed by atoms with Crippen molar-refractivity contribution in [2.45, 2.75) is 20.3 Å². The Kier molecular flexibility index (Phi) is 4.74. The van der Waals surface area contributed by atoms with E-state index in [2.05, 4.69) is 56.4 Å². The maximum atomic E-state index is 4.41. The summed E-state index contributed by atoms with van der Waals surface area (Å²) in [4.78, 5) is 8.59. The van der Waals surface area contributed by atoms with Crippen molar-refractivity contribution in [2.75, 3.05) is 17.2 Å². The molecule has 0 radical (unpaired) electrons. The second-order valence-corrected chi connectivity index (χ2v) is 5.14. The van der Waals surface area contributed by atoms with E-state index in [1.807, 2.05) is 18.2 Å². The fraction of sp³-hybridized carbons (Fsp3) is 0.286. The van der Waals surface area contributed by atoms with Gasteiger partial charge >= 0.3 is 0 Å². The molecule has 0 saturated carbocycles. The number of aryl methyl sites for hydroxylation is 1. The average molecular weight is 321 g/mol.